The standard InChI is InChI=1S/C17H22ClFN2O2/c18-15-2-1-3-16(19)14(15)12-20-6-4-13(5-7-20)17(22)21-8-10-23-11-9-21/h1-3,13H,4-12H2. The van der Waals surface area contributed by atoms with Crippen molar-refractivity contribution in [2.24, 2.45) is 5.92 Å². The van der Waals surface area contributed by atoms with Gasteiger partial charge < -0.3 is 9.64 Å². The zero-order valence-electron chi connectivity index (χ0n) is 13.1. The van der Waals surface area contributed by atoms with E-state index in [-0.39, 0.29) is 17.6 Å². The Morgan fingerprint density at radius 2 is 1.91 bits per heavy atom. The normalized spacial score (nSPS) is 20.7. The molecule has 2 fully saturated rings. The fraction of sp³-hybridized carbons (Fsp3) is 0.588. The molecule has 2 heterocycles. The van der Waals surface area contributed by atoms with Gasteiger partial charge in [-0.15, -0.1) is 0 Å². The second-order valence-corrected chi connectivity index (χ2v) is 6.60. The van der Waals surface area contributed by atoms with E-state index in [1.165, 1.54) is 6.07 Å². The van der Waals surface area contributed by atoms with Gasteiger partial charge in [0.2, 0.25) is 5.91 Å². The van der Waals surface area contributed by atoms with E-state index in [1.54, 1.807) is 12.1 Å². The smallest absolute Gasteiger partial charge is 0.225 e. The summed E-state index contributed by atoms with van der Waals surface area (Å²) in [5, 5.41) is 0.469. The Hall–Kier alpha value is -1.17. The largest absolute Gasteiger partial charge is 0.378 e. The molecule has 0 aliphatic carbocycles. The van der Waals surface area contributed by atoms with Gasteiger partial charge in [0.1, 0.15) is 5.82 Å². The maximum Gasteiger partial charge on any atom is 0.225 e. The van der Waals surface area contributed by atoms with Gasteiger partial charge in [-0.25, -0.2) is 4.39 Å². The van der Waals surface area contributed by atoms with Crippen molar-refractivity contribution in [3.05, 3.63) is 34.6 Å². The van der Waals surface area contributed by atoms with Gasteiger partial charge >= 0.3 is 0 Å². The molecule has 126 valence electrons. The molecule has 1 aromatic carbocycles. The van der Waals surface area contributed by atoms with Crippen LogP contribution in [-0.2, 0) is 16.1 Å². The van der Waals surface area contributed by atoms with Crippen LogP contribution in [0.5, 0.6) is 0 Å². The average molecular weight is 341 g/mol. The Bertz CT molecular complexity index is 535. The summed E-state index contributed by atoms with van der Waals surface area (Å²) in [5.41, 5.74) is 0.548. The molecule has 2 saturated heterocycles. The third kappa shape index (κ3) is 4.03. The molecule has 2 aliphatic heterocycles. The molecular formula is C17H22ClFN2O2. The van der Waals surface area contributed by atoms with Crippen LogP contribution in [0.1, 0.15) is 18.4 Å². The van der Waals surface area contributed by atoms with Crippen molar-refractivity contribution < 1.29 is 13.9 Å². The number of morpholine rings is 1. The highest BCUT2D eigenvalue weighted by Crippen LogP contribution is 2.25. The second kappa shape index (κ2) is 7.60. The predicted octanol–water partition coefficient (Wildman–Crippen LogP) is 2.55. The molecule has 23 heavy (non-hydrogen) atoms. The van der Waals surface area contributed by atoms with E-state index in [2.05, 4.69) is 4.90 Å². The van der Waals surface area contributed by atoms with E-state index in [0.29, 0.717) is 43.4 Å². The van der Waals surface area contributed by atoms with Crippen LogP contribution in [0.3, 0.4) is 0 Å². The molecule has 0 bridgehead atoms. The Morgan fingerprint density at radius 3 is 2.57 bits per heavy atom. The van der Waals surface area contributed by atoms with Crippen molar-refractivity contribution in [3.8, 4) is 0 Å². The molecule has 0 radical (unpaired) electrons. The molecule has 1 aromatic rings. The number of likely N-dealkylation sites (tertiary alicyclic amines) is 1. The minimum atomic E-state index is -0.260. The van der Waals surface area contributed by atoms with Crippen LogP contribution in [0.15, 0.2) is 18.2 Å². The van der Waals surface area contributed by atoms with Crippen molar-refractivity contribution in [2.75, 3.05) is 39.4 Å². The molecular weight excluding hydrogens is 319 g/mol. The van der Waals surface area contributed by atoms with Gasteiger partial charge in [-0.3, -0.25) is 9.69 Å². The summed E-state index contributed by atoms with van der Waals surface area (Å²) in [7, 11) is 0. The van der Waals surface area contributed by atoms with E-state index in [0.717, 1.165) is 25.9 Å². The second-order valence-electron chi connectivity index (χ2n) is 6.19. The summed E-state index contributed by atoms with van der Waals surface area (Å²) in [6.07, 6.45) is 1.64. The van der Waals surface area contributed by atoms with Crippen LogP contribution in [0.4, 0.5) is 4.39 Å². The highest BCUT2D eigenvalue weighted by molar-refractivity contribution is 6.31. The minimum Gasteiger partial charge on any atom is -0.378 e. The lowest BCUT2D eigenvalue weighted by Crippen LogP contribution is -2.46. The van der Waals surface area contributed by atoms with Crippen molar-refractivity contribution >= 4 is 17.5 Å². The van der Waals surface area contributed by atoms with Crippen molar-refractivity contribution in [1.29, 1.82) is 0 Å². The number of rotatable bonds is 3. The summed E-state index contributed by atoms with van der Waals surface area (Å²) < 4.78 is 19.2. The Labute approximate surface area is 141 Å². The summed E-state index contributed by atoms with van der Waals surface area (Å²) in [6, 6.07) is 4.78. The molecule has 1 amide bonds. The SMILES string of the molecule is O=C(C1CCN(Cc2c(F)cccc2Cl)CC1)N1CCOCC1. The fourth-order valence-corrected chi connectivity index (χ4v) is 3.51. The van der Waals surface area contributed by atoms with E-state index < -0.39 is 0 Å². The van der Waals surface area contributed by atoms with Crippen LogP contribution in [0, 0.1) is 11.7 Å². The first-order chi connectivity index (χ1) is 11.1. The number of hydrogen-bond acceptors (Lipinski definition) is 3. The Kier molecular flexibility index (Phi) is 5.51. The molecule has 6 heteroatoms. The maximum atomic E-state index is 13.9. The number of halogens is 2. The number of carbonyl (C=O) groups excluding carboxylic acids is 1. The zero-order chi connectivity index (χ0) is 16.2. The fourth-order valence-electron chi connectivity index (χ4n) is 3.29. The van der Waals surface area contributed by atoms with E-state index >= 15 is 0 Å². The molecule has 2 aliphatic rings. The lowest BCUT2D eigenvalue weighted by atomic mass is 9.94. The summed E-state index contributed by atoms with van der Waals surface area (Å²) in [6.45, 7) is 4.77. The van der Waals surface area contributed by atoms with Gasteiger partial charge in [-0.1, -0.05) is 17.7 Å². The average Bonchev–Trinajstić information content (AvgIpc) is 2.59. The predicted molar refractivity (Wildman–Crippen MR) is 86.8 cm³/mol. The third-order valence-electron chi connectivity index (χ3n) is 4.70. The minimum absolute atomic E-state index is 0.0837. The number of carbonyl (C=O) groups is 1. The molecule has 0 aromatic heterocycles. The van der Waals surface area contributed by atoms with Gasteiger partial charge in [0.05, 0.1) is 13.2 Å². The quantitative estimate of drug-likeness (QED) is 0.847. The summed E-state index contributed by atoms with van der Waals surface area (Å²) >= 11 is 6.09. The third-order valence-corrected chi connectivity index (χ3v) is 5.06. The number of benzene rings is 1. The van der Waals surface area contributed by atoms with E-state index in [4.69, 9.17) is 16.3 Å². The lowest BCUT2D eigenvalue weighted by Gasteiger charge is -2.35. The molecule has 0 saturated carbocycles. The number of nitrogens with zero attached hydrogens (tertiary/aromatic N) is 2. The van der Waals surface area contributed by atoms with Crippen molar-refractivity contribution in [2.45, 2.75) is 19.4 Å². The molecule has 0 spiro atoms. The first-order valence-electron chi connectivity index (χ1n) is 8.17. The monoisotopic (exact) mass is 340 g/mol. The van der Waals surface area contributed by atoms with Crippen LogP contribution >= 0.6 is 11.6 Å². The molecule has 0 N–H and O–H groups in total. The molecule has 0 atom stereocenters. The highest BCUT2D eigenvalue weighted by atomic mass is 35.5. The van der Waals surface area contributed by atoms with Gasteiger partial charge in [0.15, 0.2) is 0 Å². The maximum absolute atomic E-state index is 13.9. The first-order valence-corrected chi connectivity index (χ1v) is 8.54. The zero-order valence-corrected chi connectivity index (χ0v) is 13.9. The van der Waals surface area contributed by atoms with Crippen LogP contribution in [0.2, 0.25) is 5.02 Å². The summed E-state index contributed by atoms with van der Waals surface area (Å²) in [5.74, 6) is 0.0707. The van der Waals surface area contributed by atoms with Crippen molar-refractivity contribution in [3.63, 3.8) is 0 Å². The van der Waals surface area contributed by atoms with Gasteiger partial charge in [0, 0.05) is 36.1 Å². The molecule has 3 rings (SSSR count). The lowest BCUT2D eigenvalue weighted by molar-refractivity contribution is -0.141. The van der Waals surface area contributed by atoms with Gasteiger partial charge in [-0.05, 0) is 38.1 Å². The summed E-state index contributed by atoms with van der Waals surface area (Å²) in [4.78, 5) is 16.6. The Morgan fingerprint density at radius 1 is 1.22 bits per heavy atom. The number of ether oxygens (including phenoxy) is 1. The highest BCUT2D eigenvalue weighted by Gasteiger charge is 2.29. The van der Waals surface area contributed by atoms with E-state index in [1.807, 2.05) is 4.90 Å². The van der Waals surface area contributed by atoms with Crippen LogP contribution in [-0.4, -0.2) is 55.1 Å². The van der Waals surface area contributed by atoms with Crippen LogP contribution < -0.4 is 0 Å². The molecule has 4 nitrogen and oxygen atoms in total. The number of hydrogen-bond donors (Lipinski definition) is 0. The van der Waals surface area contributed by atoms with Crippen LogP contribution in [0.25, 0.3) is 0 Å². The Balaban J connectivity index is 1.53. The first kappa shape index (κ1) is 16.7. The molecule has 0 unspecified atom stereocenters. The number of piperidine rings is 1. The van der Waals surface area contributed by atoms with Gasteiger partial charge in [-0.2, -0.15) is 0 Å². The number of amides is 1. The van der Waals surface area contributed by atoms with E-state index in [9.17, 15) is 9.18 Å². The topological polar surface area (TPSA) is 32.8 Å². The van der Waals surface area contributed by atoms with Crippen molar-refractivity contribution in [1.82, 2.24) is 9.80 Å². The van der Waals surface area contributed by atoms with Gasteiger partial charge in [0.25, 0.3) is 0 Å².